The average molecular weight is 255 g/mol. The molecule has 0 aliphatic heterocycles. The van der Waals surface area contributed by atoms with Gasteiger partial charge in [-0.3, -0.25) is 4.21 Å². The minimum absolute atomic E-state index is 0.322. The van der Waals surface area contributed by atoms with Gasteiger partial charge >= 0.3 is 0 Å². The van der Waals surface area contributed by atoms with E-state index in [1.807, 2.05) is 31.3 Å². The first-order chi connectivity index (χ1) is 8.21. The summed E-state index contributed by atoms with van der Waals surface area (Å²) >= 11 is 0. The lowest BCUT2D eigenvalue weighted by atomic mass is 10.2. The summed E-state index contributed by atoms with van der Waals surface area (Å²) in [6, 6.07) is 7.76. The van der Waals surface area contributed by atoms with E-state index in [1.54, 1.807) is 7.11 Å². The normalized spacial score (nSPS) is 14.3. The molecule has 2 unspecified atom stereocenters. The lowest BCUT2D eigenvalue weighted by Gasteiger charge is -2.14. The summed E-state index contributed by atoms with van der Waals surface area (Å²) in [5.41, 5.74) is 0. The number of benzene rings is 1. The minimum atomic E-state index is -0.943. The van der Waals surface area contributed by atoms with Crippen LogP contribution in [0.2, 0.25) is 0 Å². The predicted octanol–water partition coefficient (Wildman–Crippen LogP) is 2.19. The van der Waals surface area contributed by atoms with Gasteiger partial charge < -0.3 is 10.1 Å². The smallest absolute Gasteiger partial charge is 0.118 e. The van der Waals surface area contributed by atoms with E-state index >= 15 is 0 Å². The Bertz CT molecular complexity index is 351. The van der Waals surface area contributed by atoms with Crippen molar-refractivity contribution in [1.29, 1.82) is 0 Å². The number of hydrogen-bond donors (Lipinski definition) is 1. The molecule has 0 aliphatic carbocycles. The van der Waals surface area contributed by atoms with Gasteiger partial charge in [0.2, 0.25) is 0 Å². The lowest BCUT2D eigenvalue weighted by Crippen LogP contribution is -2.30. The molecule has 0 aromatic heterocycles. The zero-order valence-corrected chi connectivity index (χ0v) is 11.5. The second kappa shape index (κ2) is 7.45. The van der Waals surface area contributed by atoms with Crippen LogP contribution in [0.25, 0.3) is 0 Å². The highest BCUT2D eigenvalue weighted by Gasteiger charge is 2.11. The maximum Gasteiger partial charge on any atom is 0.118 e. The van der Waals surface area contributed by atoms with Crippen molar-refractivity contribution in [3.8, 4) is 5.75 Å². The second-order valence-electron chi connectivity index (χ2n) is 3.96. The van der Waals surface area contributed by atoms with Crippen LogP contribution in [0.3, 0.4) is 0 Å². The van der Waals surface area contributed by atoms with Crippen molar-refractivity contribution in [3.05, 3.63) is 24.3 Å². The Hall–Kier alpha value is -0.870. The zero-order chi connectivity index (χ0) is 12.7. The highest BCUT2D eigenvalue weighted by Crippen LogP contribution is 2.15. The molecule has 1 aromatic rings. The van der Waals surface area contributed by atoms with E-state index in [4.69, 9.17) is 4.74 Å². The Morgan fingerprint density at radius 3 is 2.47 bits per heavy atom. The van der Waals surface area contributed by atoms with Gasteiger partial charge in [-0.15, -0.1) is 0 Å². The zero-order valence-electron chi connectivity index (χ0n) is 10.7. The van der Waals surface area contributed by atoms with Crippen LogP contribution in [0.5, 0.6) is 5.75 Å². The molecule has 1 rings (SSSR count). The van der Waals surface area contributed by atoms with Crippen LogP contribution >= 0.6 is 0 Å². The Morgan fingerprint density at radius 1 is 1.35 bits per heavy atom. The summed E-state index contributed by atoms with van der Waals surface area (Å²) in [6.07, 6.45) is 2.16. The fourth-order valence-electron chi connectivity index (χ4n) is 1.67. The number of methoxy groups -OCH3 is 1. The van der Waals surface area contributed by atoms with Crippen molar-refractivity contribution >= 4 is 10.8 Å². The fraction of sp³-hybridized carbons (Fsp3) is 0.538. The van der Waals surface area contributed by atoms with Crippen molar-refractivity contribution in [2.24, 2.45) is 0 Å². The van der Waals surface area contributed by atoms with E-state index in [2.05, 4.69) is 12.2 Å². The molecule has 0 spiro atoms. The molecule has 0 saturated heterocycles. The predicted molar refractivity (Wildman–Crippen MR) is 72.0 cm³/mol. The lowest BCUT2D eigenvalue weighted by molar-refractivity contribution is 0.414. The van der Waals surface area contributed by atoms with Crippen LogP contribution in [-0.4, -0.2) is 30.2 Å². The van der Waals surface area contributed by atoms with Crippen LogP contribution in [0, 0.1) is 0 Å². The summed E-state index contributed by atoms with van der Waals surface area (Å²) in [5, 5.41) is 3.21. The van der Waals surface area contributed by atoms with Gasteiger partial charge in [0.25, 0.3) is 0 Å². The third kappa shape index (κ3) is 4.48. The van der Waals surface area contributed by atoms with Crippen LogP contribution in [0.4, 0.5) is 0 Å². The summed E-state index contributed by atoms with van der Waals surface area (Å²) in [6.45, 7) is 2.14. The van der Waals surface area contributed by atoms with Gasteiger partial charge in [0, 0.05) is 16.7 Å². The van der Waals surface area contributed by atoms with Crippen molar-refractivity contribution in [1.82, 2.24) is 5.32 Å². The van der Waals surface area contributed by atoms with Crippen LogP contribution < -0.4 is 10.1 Å². The van der Waals surface area contributed by atoms with Gasteiger partial charge in [0.05, 0.1) is 17.9 Å². The minimum Gasteiger partial charge on any atom is -0.497 e. The molecule has 0 radical (unpaired) electrons. The Morgan fingerprint density at radius 2 is 2.00 bits per heavy atom. The molecule has 4 heteroatoms. The highest BCUT2D eigenvalue weighted by molar-refractivity contribution is 7.85. The van der Waals surface area contributed by atoms with E-state index in [-0.39, 0.29) is 0 Å². The van der Waals surface area contributed by atoms with Gasteiger partial charge in [-0.25, -0.2) is 0 Å². The molecule has 96 valence electrons. The standard InChI is InChI=1S/C13H21NO2S/c1-4-5-11(14-2)10-17(15)13-8-6-12(16-3)7-9-13/h6-9,11,14H,4-5,10H2,1-3H3. The Labute approximate surface area is 106 Å². The van der Waals surface area contributed by atoms with Gasteiger partial charge in [-0.2, -0.15) is 0 Å². The van der Waals surface area contributed by atoms with E-state index < -0.39 is 10.8 Å². The quantitative estimate of drug-likeness (QED) is 0.811. The van der Waals surface area contributed by atoms with Crippen molar-refractivity contribution in [3.63, 3.8) is 0 Å². The molecule has 17 heavy (non-hydrogen) atoms. The SMILES string of the molecule is CCCC(CS(=O)c1ccc(OC)cc1)NC. The van der Waals surface area contributed by atoms with E-state index in [0.717, 1.165) is 23.5 Å². The fourth-order valence-corrected chi connectivity index (χ4v) is 3.00. The molecule has 0 aliphatic rings. The average Bonchev–Trinajstić information content (AvgIpc) is 2.38. The summed E-state index contributed by atoms with van der Waals surface area (Å²) in [4.78, 5) is 0.863. The van der Waals surface area contributed by atoms with Crippen molar-refractivity contribution in [2.45, 2.75) is 30.7 Å². The number of rotatable bonds is 7. The molecule has 0 amide bonds. The molecule has 0 heterocycles. The van der Waals surface area contributed by atoms with Crippen LogP contribution in [-0.2, 0) is 10.8 Å². The highest BCUT2D eigenvalue weighted by atomic mass is 32.2. The molecular formula is C13H21NO2S. The van der Waals surface area contributed by atoms with Gasteiger partial charge in [-0.1, -0.05) is 13.3 Å². The van der Waals surface area contributed by atoms with E-state index in [9.17, 15) is 4.21 Å². The number of ether oxygens (including phenoxy) is 1. The first-order valence-electron chi connectivity index (χ1n) is 5.91. The van der Waals surface area contributed by atoms with E-state index in [0.29, 0.717) is 11.8 Å². The maximum absolute atomic E-state index is 12.1. The van der Waals surface area contributed by atoms with Gasteiger partial charge in [0.1, 0.15) is 5.75 Å². The molecule has 1 N–H and O–H groups in total. The first kappa shape index (κ1) is 14.2. The third-order valence-corrected chi connectivity index (χ3v) is 4.22. The monoisotopic (exact) mass is 255 g/mol. The van der Waals surface area contributed by atoms with E-state index in [1.165, 1.54) is 0 Å². The molecule has 0 fully saturated rings. The van der Waals surface area contributed by atoms with Gasteiger partial charge in [-0.05, 0) is 37.7 Å². The third-order valence-electron chi connectivity index (χ3n) is 2.72. The summed E-state index contributed by atoms with van der Waals surface area (Å²) in [7, 11) is 2.61. The molecule has 3 nitrogen and oxygen atoms in total. The maximum atomic E-state index is 12.1. The molecule has 1 aromatic carbocycles. The summed E-state index contributed by atoms with van der Waals surface area (Å²) < 4.78 is 17.2. The number of nitrogens with one attached hydrogen (secondary N) is 1. The van der Waals surface area contributed by atoms with Gasteiger partial charge in [0.15, 0.2) is 0 Å². The molecular weight excluding hydrogens is 234 g/mol. The molecule has 2 atom stereocenters. The number of hydrogen-bond acceptors (Lipinski definition) is 3. The van der Waals surface area contributed by atoms with Crippen molar-refractivity contribution in [2.75, 3.05) is 19.9 Å². The second-order valence-corrected chi connectivity index (χ2v) is 5.46. The van der Waals surface area contributed by atoms with Crippen LogP contribution in [0.15, 0.2) is 29.2 Å². The summed E-state index contributed by atoms with van der Waals surface area (Å²) in [5.74, 6) is 1.46. The Kier molecular flexibility index (Phi) is 6.22. The van der Waals surface area contributed by atoms with Crippen molar-refractivity contribution < 1.29 is 8.95 Å². The first-order valence-corrected chi connectivity index (χ1v) is 7.22. The Balaban J connectivity index is 2.62. The molecule has 0 bridgehead atoms. The van der Waals surface area contributed by atoms with Crippen LogP contribution in [0.1, 0.15) is 19.8 Å². The topological polar surface area (TPSA) is 38.3 Å². The largest absolute Gasteiger partial charge is 0.497 e. The molecule has 0 saturated carbocycles.